The third-order valence-corrected chi connectivity index (χ3v) is 6.16. The van der Waals surface area contributed by atoms with E-state index in [4.69, 9.17) is 9.84 Å². The second-order valence-corrected chi connectivity index (χ2v) is 8.91. The number of aromatic nitrogens is 3. The second kappa shape index (κ2) is 12.8. The van der Waals surface area contributed by atoms with Crippen molar-refractivity contribution in [3.63, 3.8) is 0 Å². The van der Waals surface area contributed by atoms with Crippen LogP contribution < -0.4 is 10.2 Å². The monoisotopic (exact) mass is 515 g/mol. The zero-order valence-corrected chi connectivity index (χ0v) is 21.8. The minimum absolute atomic E-state index is 0.0479. The molecule has 0 bridgehead atoms. The predicted molar refractivity (Wildman–Crippen MR) is 151 cm³/mol. The van der Waals surface area contributed by atoms with Crippen molar-refractivity contribution in [1.82, 2.24) is 14.8 Å². The molecule has 1 aliphatic heterocycles. The Morgan fingerprint density at radius 1 is 1.29 bits per heavy atom. The molecule has 1 saturated heterocycles. The minimum atomic E-state index is -0.367. The quantitative estimate of drug-likeness (QED) is 0.159. The van der Waals surface area contributed by atoms with Crippen LogP contribution in [0.3, 0.4) is 0 Å². The van der Waals surface area contributed by atoms with E-state index in [0.29, 0.717) is 57.2 Å². The van der Waals surface area contributed by atoms with Gasteiger partial charge in [0, 0.05) is 49.4 Å². The van der Waals surface area contributed by atoms with Gasteiger partial charge in [0.15, 0.2) is 5.82 Å². The largest absolute Gasteiger partial charge is 0.378 e. The summed E-state index contributed by atoms with van der Waals surface area (Å²) >= 11 is 0. The molecule has 0 atom stereocenters. The molecule has 10 nitrogen and oxygen atoms in total. The van der Waals surface area contributed by atoms with Crippen LogP contribution in [0.2, 0.25) is 0 Å². The molecule has 0 saturated carbocycles. The highest BCUT2D eigenvalue weighted by Gasteiger charge is 2.28. The summed E-state index contributed by atoms with van der Waals surface area (Å²) in [7, 11) is 0. The molecule has 3 aromatic rings. The molecule has 0 radical (unpaired) electrons. The maximum Gasteiger partial charge on any atom is 0.334 e. The summed E-state index contributed by atoms with van der Waals surface area (Å²) in [6.07, 6.45) is 8.52. The van der Waals surface area contributed by atoms with Crippen LogP contribution >= 0.6 is 0 Å². The van der Waals surface area contributed by atoms with Gasteiger partial charge in [-0.25, -0.2) is 9.67 Å². The Labute approximate surface area is 222 Å². The highest BCUT2D eigenvalue weighted by atomic mass is 16.6. The van der Waals surface area contributed by atoms with Crippen molar-refractivity contribution in [1.29, 1.82) is 0 Å². The molecule has 3 heterocycles. The van der Waals surface area contributed by atoms with Crippen LogP contribution in [0.5, 0.6) is 0 Å². The fourth-order valence-electron chi connectivity index (χ4n) is 4.25. The number of hydrogen-bond donors (Lipinski definition) is 1. The molecule has 1 aliphatic rings. The fraction of sp³-hybridized carbons (Fsp3) is 0.321. The number of allylic oxidation sites excluding steroid dienone is 2. The van der Waals surface area contributed by atoms with Gasteiger partial charge in [0.05, 0.1) is 23.8 Å². The Morgan fingerprint density at radius 2 is 2.11 bits per heavy atom. The highest BCUT2D eigenvalue weighted by molar-refractivity contribution is 5.94. The first-order valence-electron chi connectivity index (χ1n) is 12.7. The molecule has 4 rings (SSSR count). The Hall–Kier alpha value is -4.31. The predicted octanol–water partition coefficient (Wildman–Crippen LogP) is 5.34. The van der Waals surface area contributed by atoms with E-state index in [9.17, 15) is 10.1 Å². The Kier molecular flexibility index (Phi) is 8.99. The Bertz CT molecular complexity index is 1340. The first-order chi connectivity index (χ1) is 18.5. The van der Waals surface area contributed by atoms with E-state index < -0.39 is 0 Å². The number of benzene rings is 1. The van der Waals surface area contributed by atoms with Gasteiger partial charge < -0.3 is 15.0 Å². The standard InChI is InChI=1S/C28H33N7O3/c1-4-12-29-23(5-2)10-7-13-30-28-27(35(36)37)25(33-15-17-38-18-16-33)20-26(31-28)34-14-11-24(32-34)22-9-6-8-21(3)19-22/h4-6,8-9,11-12,14,19-20H,2,7,10,13,15-18H2,1,3H3,(H,30,31)/b12-4-,29-23?. The highest BCUT2D eigenvalue weighted by Crippen LogP contribution is 2.36. The number of aryl methyl sites for hydroxylation is 1. The fourth-order valence-corrected chi connectivity index (χ4v) is 4.25. The third-order valence-electron chi connectivity index (χ3n) is 6.16. The average Bonchev–Trinajstić information content (AvgIpc) is 3.43. The number of aliphatic imine (C=N–C) groups is 1. The van der Waals surface area contributed by atoms with E-state index in [0.717, 1.165) is 22.5 Å². The van der Waals surface area contributed by atoms with Gasteiger partial charge in [-0.15, -0.1) is 0 Å². The molecule has 198 valence electrons. The summed E-state index contributed by atoms with van der Waals surface area (Å²) in [6, 6.07) is 11.8. The number of ether oxygens (including phenoxy) is 1. The van der Waals surface area contributed by atoms with Crippen LogP contribution in [-0.4, -0.2) is 58.2 Å². The number of anilines is 2. The molecule has 0 amide bonds. The van der Waals surface area contributed by atoms with Crippen LogP contribution in [0.15, 0.2) is 72.5 Å². The van der Waals surface area contributed by atoms with Crippen molar-refractivity contribution in [2.75, 3.05) is 43.1 Å². The lowest BCUT2D eigenvalue weighted by Gasteiger charge is -2.29. The number of nitro groups is 1. The molecular formula is C28H33N7O3. The van der Waals surface area contributed by atoms with Crippen molar-refractivity contribution in [3.8, 4) is 17.1 Å². The van der Waals surface area contributed by atoms with Crippen LogP contribution in [0.25, 0.3) is 17.1 Å². The van der Waals surface area contributed by atoms with Gasteiger partial charge >= 0.3 is 5.69 Å². The smallest absolute Gasteiger partial charge is 0.334 e. The number of morpholine rings is 1. The maximum absolute atomic E-state index is 12.3. The molecule has 1 N–H and O–H groups in total. The molecule has 1 fully saturated rings. The normalized spacial score (nSPS) is 14.2. The molecule has 0 unspecified atom stereocenters. The number of nitrogens with zero attached hydrogens (tertiary/aromatic N) is 6. The molecule has 2 aromatic heterocycles. The lowest BCUT2D eigenvalue weighted by Crippen LogP contribution is -2.36. The van der Waals surface area contributed by atoms with E-state index in [1.54, 1.807) is 23.0 Å². The van der Waals surface area contributed by atoms with Gasteiger partial charge in [0.1, 0.15) is 5.69 Å². The maximum atomic E-state index is 12.3. The van der Waals surface area contributed by atoms with Crippen LogP contribution in [0.1, 0.15) is 25.3 Å². The topological polar surface area (TPSA) is 111 Å². The first kappa shape index (κ1) is 26.7. The number of hydrogen-bond acceptors (Lipinski definition) is 8. The van der Waals surface area contributed by atoms with Crippen molar-refractivity contribution in [3.05, 3.63) is 83.2 Å². The third kappa shape index (κ3) is 6.51. The molecular weight excluding hydrogens is 482 g/mol. The van der Waals surface area contributed by atoms with Gasteiger partial charge in [-0.1, -0.05) is 36.4 Å². The van der Waals surface area contributed by atoms with Crippen LogP contribution in [0, 0.1) is 17.0 Å². The van der Waals surface area contributed by atoms with E-state index in [2.05, 4.69) is 27.9 Å². The average molecular weight is 516 g/mol. The van der Waals surface area contributed by atoms with Gasteiger partial charge in [0.25, 0.3) is 0 Å². The zero-order chi connectivity index (χ0) is 26.9. The number of nitrogens with one attached hydrogen (secondary N) is 1. The summed E-state index contributed by atoms with van der Waals surface area (Å²) in [6.45, 7) is 10.4. The van der Waals surface area contributed by atoms with Crippen molar-refractivity contribution < 1.29 is 9.66 Å². The van der Waals surface area contributed by atoms with Crippen molar-refractivity contribution in [2.24, 2.45) is 4.99 Å². The summed E-state index contributed by atoms with van der Waals surface area (Å²) in [4.78, 5) is 22.9. The lowest BCUT2D eigenvalue weighted by molar-refractivity contribution is -0.383. The second-order valence-electron chi connectivity index (χ2n) is 8.91. The van der Waals surface area contributed by atoms with E-state index in [1.807, 2.05) is 55.3 Å². The SMILES string of the molecule is C=CC(CCCNc1nc(-n2ccc(-c3cccc(C)c3)n2)cc(N2CCOCC2)c1[N+](=O)[O-])=N/C=C\C. The van der Waals surface area contributed by atoms with Gasteiger partial charge in [-0.3, -0.25) is 15.1 Å². The molecule has 0 spiro atoms. The summed E-state index contributed by atoms with van der Waals surface area (Å²) in [5, 5.41) is 20.2. The minimum Gasteiger partial charge on any atom is -0.378 e. The van der Waals surface area contributed by atoms with Gasteiger partial charge in [-0.05, 0) is 44.9 Å². The van der Waals surface area contributed by atoms with Crippen molar-refractivity contribution >= 4 is 22.9 Å². The van der Waals surface area contributed by atoms with Crippen LogP contribution in [-0.2, 0) is 4.74 Å². The van der Waals surface area contributed by atoms with E-state index in [1.165, 1.54) is 0 Å². The van der Waals surface area contributed by atoms with Gasteiger partial charge in [0.2, 0.25) is 5.82 Å². The Balaban J connectivity index is 1.67. The summed E-state index contributed by atoms with van der Waals surface area (Å²) < 4.78 is 7.15. The Morgan fingerprint density at radius 3 is 2.82 bits per heavy atom. The van der Waals surface area contributed by atoms with Crippen molar-refractivity contribution in [2.45, 2.75) is 26.7 Å². The number of rotatable bonds is 11. The van der Waals surface area contributed by atoms with Gasteiger partial charge in [-0.2, -0.15) is 5.10 Å². The molecule has 1 aromatic carbocycles. The van der Waals surface area contributed by atoms with E-state index in [-0.39, 0.29) is 16.4 Å². The van der Waals surface area contributed by atoms with E-state index >= 15 is 0 Å². The molecule has 0 aliphatic carbocycles. The zero-order valence-electron chi connectivity index (χ0n) is 21.8. The van der Waals surface area contributed by atoms with Crippen LogP contribution in [0.4, 0.5) is 17.2 Å². The molecule has 38 heavy (non-hydrogen) atoms. The summed E-state index contributed by atoms with van der Waals surface area (Å²) in [5.74, 6) is 0.715. The first-order valence-corrected chi connectivity index (χ1v) is 12.7. The lowest BCUT2D eigenvalue weighted by atomic mass is 10.1. The number of pyridine rings is 1. The summed E-state index contributed by atoms with van der Waals surface area (Å²) in [5.41, 5.74) is 4.24. The molecule has 10 heteroatoms.